The van der Waals surface area contributed by atoms with Gasteiger partial charge in [0.1, 0.15) is 11.3 Å². The third kappa shape index (κ3) is 5.91. The van der Waals surface area contributed by atoms with E-state index in [1.54, 1.807) is 13.3 Å². The van der Waals surface area contributed by atoms with Gasteiger partial charge < -0.3 is 14.6 Å². The lowest BCUT2D eigenvalue weighted by molar-refractivity contribution is -0.143. The van der Waals surface area contributed by atoms with Crippen molar-refractivity contribution in [3.8, 4) is 0 Å². The van der Waals surface area contributed by atoms with Gasteiger partial charge in [-0.1, -0.05) is 17.8 Å². The largest absolute Gasteiger partial charge is 0.481 e. The van der Waals surface area contributed by atoms with Crippen LogP contribution in [0.5, 0.6) is 0 Å². The molecule has 13 heteroatoms. The molecule has 1 N–H and O–H groups in total. The molecule has 0 aromatic heterocycles. The van der Waals surface area contributed by atoms with Crippen LogP contribution in [0, 0.1) is 17.6 Å². The van der Waals surface area contributed by atoms with Gasteiger partial charge in [-0.2, -0.15) is 0 Å². The highest BCUT2D eigenvalue weighted by Gasteiger charge is 2.44. The topological polar surface area (TPSA) is 104 Å². The lowest BCUT2D eigenvalue weighted by atomic mass is 9.83. The van der Waals surface area contributed by atoms with Gasteiger partial charge >= 0.3 is 11.9 Å². The molecule has 1 aromatic rings. The van der Waals surface area contributed by atoms with Gasteiger partial charge in [0.2, 0.25) is 0 Å². The van der Waals surface area contributed by atoms with Crippen molar-refractivity contribution in [3.05, 3.63) is 45.6 Å². The Morgan fingerprint density at radius 2 is 2.00 bits per heavy atom. The van der Waals surface area contributed by atoms with Gasteiger partial charge in [0.05, 0.1) is 37.2 Å². The molecular weight excluding hydrogens is 598 g/mol. The molecule has 39 heavy (non-hydrogen) atoms. The molecule has 4 aliphatic rings. The first-order chi connectivity index (χ1) is 18.8. The second-order valence-electron chi connectivity index (χ2n) is 9.91. The predicted octanol–water partition coefficient (Wildman–Crippen LogP) is 3.98. The molecule has 0 aliphatic carbocycles. The zero-order valence-electron chi connectivity index (χ0n) is 21.3. The monoisotopic (exact) mass is 626 g/mol. The molecule has 2 fully saturated rings. The zero-order chi connectivity index (χ0) is 27.7. The standard InChI is InChI=1S/C26H29BrF2N4O5S/c1-2-38-25(36)24-23(18-3-4-19(28)22(29)21(18)27)31-26(39-24)33-13-30-6-5-15(33)10-32-16-7-14(9-20(34)35)8-17(32)12-37-11-16/h3-5,13-14,16-17,23-24H,2,6-12H2,1H3,(H,34,35)/t14?,16-,17+,23-,24-/m1/s1. The number of hydrogen-bond acceptors (Lipinski definition) is 9. The Balaban J connectivity index is 1.40. The molecule has 4 aliphatic heterocycles. The molecule has 0 radical (unpaired) electrons. The number of esters is 1. The third-order valence-corrected chi connectivity index (χ3v) is 9.42. The molecule has 1 aromatic carbocycles. The summed E-state index contributed by atoms with van der Waals surface area (Å²) in [7, 11) is 0. The summed E-state index contributed by atoms with van der Waals surface area (Å²) in [6, 6.07) is 1.85. The first kappa shape index (κ1) is 28.2. The normalized spacial score (nSPS) is 28.7. The zero-order valence-corrected chi connectivity index (χ0v) is 23.7. The fourth-order valence-electron chi connectivity index (χ4n) is 5.65. The van der Waals surface area contributed by atoms with E-state index in [2.05, 4.69) is 25.8 Å². The number of amidine groups is 1. The van der Waals surface area contributed by atoms with Crippen molar-refractivity contribution in [1.82, 2.24) is 9.80 Å². The molecule has 4 heterocycles. The van der Waals surface area contributed by atoms with Gasteiger partial charge in [-0.05, 0) is 59.3 Å². The fraction of sp³-hybridized carbons (Fsp3) is 0.538. The molecule has 1 unspecified atom stereocenters. The summed E-state index contributed by atoms with van der Waals surface area (Å²) in [5, 5.41) is 9.00. The smallest absolute Gasteiger partial charge is 0.322 e. The summed E-state index contributed by atoms with van der Waals surface area (Å²) in [4.78, 5) is 37.6. The number of aliphatic imine (C=N–C) groups is 2. The fourth-order valence-corrected chi connectivity index (χ4v) is 7.39. The van der Waals surface area contributed by atoms with Crippen molar-refractivity contribution in [1.29, 1.82) is 0 Å². The number of carboxylic acid groups (broad SMARTS) is 1. The summed E-state index contributed by atoms with van der Waals surface area (Å²) in [6.07, 6.45) is 5.33. The molecular formula is C26H29BrF2N4O5S. The van der Waals surface area contributed by atoms with Crippen LogP contribution in [0.25, 0.3) is 0 Å². The number of ether oxygens (including phenoxy) is 2. The van der Waals surface area contributed by atoms with Gasteiger partial charge in [-0.3, -0.25) is 29.4 Å². The third-order valence-electron chi connectivity index (χ3n) is 7.39. The highest BCUT2D eigenvalue weighted by Crippen LogP contribution is 2.44. The number of nitrogens with zero attached hydrogens (tertiary/aromatic N) is 4. The van der Waals surface area contributed by atoms with E-state index in [0.717, 1.165) is 24.6 Å². The van der Waals surface area contributed by atoms with Crippen molar-refractivity contribution < 1.29 is 33.0 Å². The number of carboxylic acids is 1. The summed E-state index contributed by atoms with van der Waals surface area (Å²) in [5.41, 5.74) is 1.28. The minimum Gasteiger partial charge on any atom is -0.481 e. The molecule has 0 spiro atoms. The van der Waals surface area contributed by atoms with E-state index in [4.69, 9.17) is 14.5 Å². The average molecular weight is 628 g/mol. The Kier molecular flexibility index (Phi) is 8.69. The molecule has 9 nitrogen and oxygen atoms in total. The lowest BCUT2D eigenvalue weighted by Gasteiger charge is -2.49. The Morgan fingerprint density at radius 3 is 2.69 bits per heavy atom. The van der Waals surface area contributed by atoms with Gasteiger partial charge in [0, 0.05) is 30.7 Å². The number of benzene rings is 1. The van der Waals surface area contributed by atoms with E-state index in [0.29, 0.717) is 37.0 Å². The van der Waals surface area contributed by atoms with Crippen LogP contribution in [0.2, 0.25) is 0 Å². The van der Waals surface area contributed by atoms with Crippen LogP contribution in [-0.2, 0) is 19.1 Å². The van der Waals surface area contributed by atoms with Crippen LogP contribution < -0.4 is 0 Å². The number of thioether (sulfide) groups is 1. The van der Waals surface area contributed by atoms with Crippen molar-refractivity contribution >= 4 is 51.1 Å². The minimum atomic E-state index is -1.04. The van der Waals surface area contributed by atoms with E-state index in [9.17, 15) is 23.5 Å². The first-order valence-electron chi connectivity index (χ1n) is 12.8. The number of fused-ring (bicyclic) bond motifs is 2. The second kappa shape index (κ2) is 12.0. The Hall–Kier alpha value is -2.35. The van der Waals surface area contributed by atoms with E-state index < -0.39 is 34.9 Å². The summed E-state index contributed by atoms with van der Waals surface area (Å²) in [5.74, 6) is -3.19. The maximum atomic E-state index is 14.4. The summed E-state index contributed by atoms with van der Waals surface area (Å²) in [6.45, 7) is 4.04. The van der Waals surface area contributed by atoms with E-state index >= 15 is 0 Å². The van der Waals surface area contributed by atoms with Crippen molar-refractivity contribution in [2.45, 2.75) is 49.6 Å². The van der Waals surface area contributed by atoms with E-state index in [-0.39, 0.29) is 35.5 Å². The number of rotatable bonds is 7. The highest BCUT2D eigenvalue weighted by atomic mass is 79.9. The van der Waals surface area contributed by atoms with Crippen molar-refractivity contribution in [3.63, 3.8) is 0 Å². The predicted molar refractivity (Wildman–Crippen MR) is 146 cm³/mol. The Bertz CT molecular complexity index is 1220. The molecule has 5 rings (SSSR count). The average Bonchev–Trinajstić information content (AvgIpc) is 3.33. The van der Waals surface area contributed by atoms with Crippen LogP contribution in [0.4, 0.5) is 8.78 Å². The SMILES string of the molecule is CCOC(=O)[C@@H]1SC(N2C=NCC=C2CN2[C@@H]3COC[C@H]2CC(CC(=O)O)C3)=N[C@@H]1c1ccc(F)c(F)c1Br. The first-order valence-corrected chi connectivity index (χ1v) is 14.5. The molecule has 2 bridgehead atoms. The number of hydrogen-bond donors (Lipinski definition) is 1. The molecule has 0 amide bonds. The van der Waals surface area contributed by atoms with Crippen LogP contribution >= 0.6 is 27.7 Å². The quantitative estimate of drug-likeness (QED) is 0.358. The summed E-state index contributed by atoms with van der Waals surface area (Å²) < 4.78 is 39.3. The number of aliphatic carboxylic acids is 1. The van der Waals surface area contributed by atoms with Crippen molar-refractivity contribution in [2.75, 3.05) is 32.9 Å². The van der Waals surface area contributed by atoms with Crippen LogP contribution in [0.1, 0.15) is 37.8 Å². The van der Waals surface area contributed by atoms with E-state index in [1.165, 1.54) is 17.8 Å². The number of morpholine rings is 1. The van der Waals surface area contributed by atoms with Crippen molar-refractivity contribution in [2.24, 2.45) is 15.9 Å². The maximum absolute atomic E-state index is 14.4. The van der Waals surface area contributed by atoms with Crippen LogP contribution in [0.15, 0.2) is 38.4 Å². The number of carbonyl (C=O) groups is 2. The van der Waals surface area contributed by atoms with E-state index in [1.807, 2.05) is 11.0 Å². The molecule has 2 saturated heterocycles. The van der Waals surface area contributed by atoms with Gasteiger partial charge in [-0.15, -0.1) is 0 Å². The van der Waals surface area contributed by atoms with Gasteiger partial charge in [0.15, 0.2) is 16.8 Å². The Labute approximate surface area is 237 Å². The number of halogens is 3. The Morgan fingerprint density at radius 1 is 1.26 bits per heavy atom. The second-order valence-corrected chi connectivity index (χ2v) is 11.8. The molecule has 0 saturated carbocycles. The minimum absolute atomic E-state index is 0.0764. The molecule has 210 valence electrons. The summed E-state index contributed by atoms with van der Waals surface area (Å²) >= 11 is 4.35. The maximum Gasteiger partial charge on any atom is 0.322 e. The number of piperidine rings is 1. The number of carbonyl (C=O) groups excluding carboxylic acids is 1. The van der Waals surface area contributed by atoms with Gasteiger partial charge in [0.25, 0.3) is 0 Å². The highest BCUT2D eigenvalue weighted by molar-refractivity contribution is 9.10. The van der Waals surface area contributed by atoms with Crippen LogP contribution in [-0.4, -0.2) is 88.6 Å². The lowest BCUT2D eigenvalue weighted by Crippen LogP contribution is -2.58. The van der Waals surface area contributed by atoms with Crippen LogP contribution in [0.3, 0.4) is 0 Å². The molecule has 5 atom stereocenters. The van der Waals surface area contributed by atoms with Gasteiger partial charge in [-0.25, -0.2) is 8.78 Å².